The molecule has 100 valence electrons. The number of anilines is 1. The summed E-state index contributed by atoms with van der Waals surface area (Å²) in [6, 6.07) is 7.05. The molecule has 0 aliphatic heterocycles. The van der Waals surface area contributed by atoms with Gasteiger partial charge in [-0.05, 0) is 30.3 Å². The average Bonchev–Trinajstić information content (AvgIpc) is 3.18. The third-order valence-electron chi connectivity index (χ3n) is 2.33. The van der Waals surface area contributed by atoms with E-state index in [2.05, 4.69) is 15.5 Å². The second-order valence-electron chi connectivity index (χ2n) is 3.73. The Kier molecular flexibility index (Phi) is 3.42. The molecule has 0 fully saturated rings. The van der Waals surface area contributed by atoms with E-state index in [1.807, 2.05) is 0 Å². The Morgan fingerprint density at radius 2 is 2.05 bits per heavy atom. The first-order valence-corrected chi connectivity index (χ1v) is 6.53. The van der Waals surface area contributed by atoms with Gasteiger partial charge in [-0.3, -0.25) is 10.1 Å². The van der Waals surface area contributed by atoms with Gasteiger partial charge in [0.15, 0.2) is 10.8 Å². The van der Waals surface area contributed by atoms with E-state index in [1.54, 1.807) is 36.6 Å². The predicted octanol–water partition coefficient (Wildman–Crippen LogP) is 3.04. The summed E-state index contributed by atoms with van der Waals surface area (Å²) in [4.78, 5) is 11.7. The number of furan rings is 2. The highest BCUT2D eigenvalue weighted by molar-refractivity contribution is 7.18. The molecule has 0 aliphatic carbocycles. The smallest absolute Gasteiger partial charge is 0.250 e. The second-order valence-corrected chi connectivity index (χ2v) is 4.71. The quantitative estimate of drug-likeness (QED) is 0.746. The van der Waals surface area contributed by atoms with Gasteiger partial charge in [0.2, 0.25) is 11.0 Å². The van der Waals surface area contributed by atoms with Crippen molar-refractivity contribution in [1.29, 1.82) is 0 Å². The summed E-state index contributed by atoms with van der Waals surface area (Å²) in [5.41, 5.74) is 0. The Bertz CT molecular complexity index is 714. The minimum Gasteiger partial charge on any atom is -0.465 e. The van der Waals surface area contributed by atoms with E-state index in [9.17, 15) is 4.79 Å². The lowest BCUT2D eigenvalue weighted by Crippen LogP contribution is -2.07. The van der Waals surface area contributed by atoms with E-state index >= 15 is 0 Å². The summed E-state index contributed by atoms with van der Waals surface area (Å²) in [6.45, 7) is 0. The zero-order valence-electron chi connectivity index (χ0n) is 10.1. The number of carbonyl (C=O) groups excluding carboxylic acids is 1. The third-order valence-corrected chi connectivity index (χ3v) is 3.18. The Morgan fingerprint density at radius 3 is 2.80 bits per heavy atom. The number of nitrogens with one attached hydrogen (secondary N) is 1. The van der Waals surface area contributed by atoms with Crippen molar-refractivity contribution in [1.82, 2.24) is 10.2 Å². The molecule has 0 saturated heterocycles. The molecule has 0 radical (unpaired) electrons. The van der Waals surface area contributed by atoms with Crippen LogP contribution in [0.2, 0.25) is 0 Å². The van der Waals surface area contributed by atoms with E-state index in [0.717, 1.165) is 0 Å². The molecule has 7 heteroatoms. The van der Waals surface area contributed by atoms with E-state index < -0.39 is 0 Å². The molecule has 0 unspecified atom stereocenters. The number of rotatable bonds is 4. The molecule has 0 bridgehead atoms. The molecule has 1 N–H and O–H groups in total. The number of hydrogen-bond acceptors (Lipinski definition) is 6. The van der Waals surface area contributed by atoms with Gasteiger partial charge in [0.1, 0.15) is 5.76 Å². The van der Waals surface area contributed by atoms with Crippen molar-refractivity contribution >= 4 is 28.5 Å². The van der Waals surface area contributed by atoms with E-state index in [4.69, 9.17) is 8.83 Å². The first-order chi connectivity index (χ1) is 9.81. The van der Waals surface area contributed by atoms with Crippen LogP contribution in [0.4, 0.5) is 5.13 Å². The molecule has 0 aliphatic rings. The van der Waals surface area contributed by atoms with Crippen LogP contribution in [0.3, 0.4) is 0 Å². The van der Waals surface area contributed by atoms with Crippen LogP contribution < -0.4 is 5.32 Å². The molecule has 0 aromatic carbocycles. The summed E-state index contributed by atoms with van der Waals surface area (Å²) in [5.74, 6) is 0.923. The Balaban J connectivity index is 1.65. The maximum Gasteiger partial charge on any atom is 0.250 e. The first-order valence-electron chi connectivity index (χ1n) is 5.71. The molecular formula is C13H9N3O3S. The van der Waals surface area contributed by atoms with E-state index in [-0.39, 0.29) is 5.91 Å². The maximum atomic E-state index is 11.7. The molecule has 20 heavy (non-hydrogen) atoms. The summed E-state index contributed by atoms with van der Waals surface area (Å²) >= 11 is 1.24. The van der Waals surface area contributed by atoms with Gasteiger partial charge in [0, 0.05) is 6.08 Å². The fraction of sp³-hybridized carbons (Fsp3) is 0. The van der Waals surface area contributed by atoms with Crippen LogP contribution in [0.25, 0.3) is 16.8 Å². The van der Waals surface area contributed by atoms with Crippen LogP contribution >= 0.6 is 11.3 Å². The lowest BCUT2D eigenvalue weighted by atomic mass is 10.4. The normalized spacial score (nSPS) is 11.0. The van der Waals surface area contributed by atoms with Crippen molar-refractivity contribution in [3.63, 3.8) is 0 Å². The van der Waals surface area contributed by atoms with Crippen molar-refractivity contribution < 1.29 is 13.6 Å². The number of hydrogen-bond donors (Lipinski definition) is 1. The molecular weight excluding hydrogens is 278 g/mol. The van der Waals surface area contributed by atoms with Gasteiger partial charge in [-0.15, -0.1) is 10.2 Å². The molecule has 3 rings (SSSR count). The lowest BCUT2D eigenvalue weighted by Gasteiger charge is -1.93. The predicted molar refractivity (Wildman–Crippen MR) is 74.0 cm³/mol. The number of amides is 1. The maximum absolute atomic E-state index is 11.7. The molecule has 1 amide bonds. The van der Waals surface area contributed by atoms with Crippen molar-refractivity contribution in [3.8, 4) is 10.8 Å². The minimum absolute atomic E-state index is 0.302. The summed E-state index contributed by atoms with van der Waals surface area (Å²) < 4.78 is 10.3. The Hall–Kier alpha value is -2.67. The minimum atomic E-state index is -0.302. The largest absolute Gasteiger partial charge is 0.465 e. The van der Waals surface area contributed by atoms with Crippen molar-refractivity contribution in [2.45, 2.75) is 0 Å². The highest BCUT2D eigenvalue weighted by atomic mass is 32.1. The van der Waals surface area contributed by atoms with Crippen molar-refractivity contribution in [2.75, 3.05) is 5.32 Å². The van der Waals surface area contributed by atoms with Gasteiger partial charge in [-0.1, -0.05) is 11.3 Å². The zero-order chi connectivity index (χ0) is 13.8. The molecule has 3 aromatic heterocycles. The lowest BCUT2D eigenvalue weighted by molar-refractivity contribution is -0.111. The SMILES string of the molecule is O=C(C=Cc1ccco1)Nc1nnc(-c2ccco2)s1. The van der Waals surface area contributed by atoms with Gasteiger partial charge < -0.3 is 8.83 Å². The van der Waals surface area contributed by atoms with Gasteiger partial charge in [0.25, 0.3) is 0 Å². The van der Waals surface area contributed by atoms with Gasteiger partial charge in [-0.25, -0.2) is 0 Å². The molecule has 6 nitrogen and oxygen atoms in total. The third kappa shape index (κ3) is 2.83. The van der Waals surface area contributed by atoms with Gasteiger partial charge in [-0.2, -0.15) is 0 Å². The van der Waals surface area contributed by atoms with Crippen LogP contribution in [-0.2, 0) is 4.79 Å². The van der Waals surface area contributed by atoms with Crippen molar-refractivity contribution in [3.05, 3.63) is 48.6 Å². The van der Waals surface area contributed by atoms with E-state index in [0.29, 0.717) is 21.7 Å². The first kappa shape index (κ1) is 12.4. The number of nitrogens with zero attached hydrogens (tertiary/aromatic N) is 2. The van der Waals surface area contributed by atoms with E-state index in [1.165, 1.54) is 23.7 Å². The summed E-state index contributed by atoms with van der Waals surface area (Å²) in [7, 11) is 0. The summed E-state index contributed by atoms with van der Waals surface area (Å²) in [6.07, 6.45) is 6.04. The van der Waals surface area contributed by atoms with Crippen LogP contribution in [0.1, 0.15) is 5.76 Å². The van der Waals surface area contributed by atoms with Crippen LogP contribution in [0.5, 0.6) is 0 Å². The second kappa shape index (κ2) is 5.54. The molecule has 0 atom stereocenters. The fourth-order valence-corrected chi connectivity index (χ4v) is 2.18. The average molecular weight is 287 g/mol. The topological polar surface area (TPSA) is 81.2 Å². The standard InChI is InChI=1S/C13H9N3O3S/c17-11(6-5-9-3-1-7-18-9)14-13-16-15-12(20-13)10-4-2-8-19-10/h1-8H,(H,14,16,17). The zero-order valence-corrected chi connectivity index (χ0v) is 11.0. The number of carbonyl (C=O) groups is 1. The highest BCUT2D eigenvalue weighted by Crippen LogP contribution is 2.26. The molecule has 0 saturated carbocycles. The van der Waals surface area contributed by atoms with Crippen LogP contribution in [0.15, 0.2) is 51.7 Å². The molecule has 3 heterocycles. The summed E-state index contributed by atoms with van der Waals surface area (Å²) in [5, 5.41) is 11.5. The number of aromatic nitrogens is 2. The van der Waals surface area contributed by atoms with Crippen LogP contribution in [0, 0.1) is 0 Å². The molecule has 0 spiro atoms. The Morgan fingerprint density at radius 1 is 1.20 bits per heavy atom. The highest BCUT2D eigenvalue weighted by Gasteiger charge is 2.09. The van der Waals surface area contributed by atoms with Crippen LogP contribution in [-0.4, -0.2) is 16.1 Å². The van der Waals surface area contributed by atoms with Crippen molar-refractivity contribution in [2.24, 2.45) is 0 Å². The van der Waals surface area contributed by atoms with Gasteiger partial charge >= 0.3 is 0 Å². The molecule has 3 aromatic rings. The fourth-order valence-electron chi connectivity index (χ4n) is 1.46. The van der Waals surface area contributed by atoms with Gasteiger partial charge in [0.05, 0.1) is 12.5 Å². The monoisotopic (exact) mass is 287 g/mol. The Labute approximate surface area is 117 Å².